The number of carbonyl (C=O) groups is 1. The van der Waals surface area contributed by atoms with Crippen LogP contribution in [0.15, 0.2) is 34.1 Å². The minimum atomic E-state index is -0.278. The van der Waals surface area contributed by atoms with Gasteiger partial charge >= 0.3 is 0 Å². The van der Waals surface area contributed by atoms with Crippen LogP contribution >= 0.6 is 27.3 Å². The summed E-state index contributed by atoms with van der Waals surface area (Å²) in [6, 6.07) is 10.6. The topological polar surface area (TPSA) is 20.3 Å². The van der Waals surface area contributed by atoms with Gasteiger partial charge in [0, 0.05) is 11.9 Å². The van der Waals surface area contributed by atoms with Gasteiger partial charge in [-0.1, -0.05) is 29.3 Å². The molecule has 1 aromatic carbocycles. The number of hydrogen-bond donors (Lipinski definition) is 0. The average molecular weight is 378 g/mol. The molecule has 0 aliphatic heterocycles. The van der Waals surface area contributed by atoms with E-state index in [4.69, 9.17) is 0 Å². The normalized spacial score (nSPS) is 15.6. The Kier molecular flexibility index (Phi) is 4.17. The van der Waals surface area contributed by atoms with Crippen LogP contribution in [0, 0.1) is 13.8 Å². The van der Waals surface area contributed by atoms with Crippen molar-refractivity contribution < 1.29 is 4.79 Å². The maximum atomic E-state index is 13.0. The Morgan fingerprint density at radius 2 is 1.86 bits per heavy atom. The molecular formula is C18H20BrNOS. The predicted molar refractivity (Wildman–Crippen MR) is 95.3 cm³/mol. The zero-order chi connectivity index (χ0) is 15.9. The van der Waals surface area contributed by atoms with Gasteiger partial charge in [0.1, 0.15) is 0 Å². The number of thiophene rings is 1. The summed E-state index contributed by atoms with van der Waals surface area (Å²) in [4.78, 5) is 16.1. The van der Waals surface area contributed by atoms with Gasteiger partial charge < -0.3 is 4.90 Å². The molecule has 116 valence electrons. The second-order valence-corrected chi connectivity index (χ2v) is 8.87. The lowest BCUT2D eigenvalue weighted by atomic mass is 9.91. The molecule has 1 amide bonds. The molecule has 0 spiro atoms. The van der Waals surface area contributed by atoms with Crippen LogP contribution in [0.4, 0.5) is 0 Å². The monoisotopic (exact) mass is 377 g/mol. The van der Waals surface area contributed by atoms with Crippen LogP contribution in [0.1, 0.15) is 34.4 Å². The smallest absolute Gasteiger partial charge is 0.233 e. The second kappa shape index (κ2) is 5.82. The summed E-state index contributed by atoms with van der Waals surface area (Å²) in [6.45, 7) is 4.88. The van der Waals surface area contributed by atoms with E-state index in [-0.39, 0.29) is 11.3 Å². The lowest BCUT2D eigenvalue weighted by molar-refractivity contribution is -0.133. The fraction of sp³-hybridized carbons (Fsp3) is 0.389. The first-order valence-electron chi connectivity index (χ1n) is 7.49. The Bertz CT molecular complexity index is 697. The summed E-state index contributed by atoms with van der Waals surface area (Å²) in [6.07, 6.45) is 1.93. The number of carbonyl (C=O) groups excluding carboxylic acids is 1. The summed E-state index contributed by atoms with van der Waals surface area (Å²) in [5, 5.41) is 0. The molecular weight excluding hydrogens is 358 g/mol. The number of halogens is 1. The van der Waals surface area contributed by atoms with Crippen LogP contribution in [-0.2, 0) is 16.8 Å². The van der Waals surface area contributed by atoms with Gasteiger partial charge in [0.05, 0.1) is 15.7 Å². The first-order valence-corrected chi connectivity index (χ1v) is 9.10. The van der Waals surface area contributed by atoms with Crippen molar-refractivity contribution in [3.63, 3.8) is 0 Å². The van der Waals surface area contributed by atoms with Crippen LogP contribution < -0.4 is 0 Å². The molecule has 0 atom stereocenters. The zero-order valence-corrected chi connectivity index (χ0v) is 15.6. The first kappa shape index (κ1) is 15.8. The molecule has 0 saturated heterocycles. The van der Waals surface area contributed by atoms with Crippen LogP contribution in [-0.4, -0.2) is 17.9 Å². The molecule has 1 aliphatic rings. The third-order valence-corrected chi connectivity index (χ3v) is 5.91. The van der Waals surface area contributed by atoms with E-state index >= 15 is 0 Å². The molecule has 1 fully saturated rings. The molecule has 0 bridgehead atoms. The lowest BCUT2D eigenvalue weighted by Crippen LogP contribution is -2.36. The van der Waals surface area contributed by atoms with E-state index in [1.54, 1.807) is 11.3 Å². The van der Waals surface area contributed by atoms with E-state index in [2.05, 4.69) is 54.0 Å². The number of amides is 1. The number of likely N-dealkylation sites (N-methyl/N-ethyl adjacent to an activating group) is 1. The maximum Gasteiger partial charge on any atom is 0.233 e. The Labute approximate surface area is 144 Å². The molecule has 0 unspecified atom stereocenters. The highest BCUT2D eigenvalue weighted by Gasteiger charge is 2.52. The van der Waals surface area contributed by atoms with Crippen molar-refractivity contribution in [2.45, 2.75) is 38.6 Å². The second-order valence-electron chi connectivity index (χ2n) is 6.33. The Balaban J connectivity index is 1.81. The Morgan fingerprint density at radius 3 is 2.36 bits per heavy atom. The molecule has 1 aromatic heterocycles. The van der Waals surface area contributed by atoms with E-state index in [9.17, 15) is 4.79 Å². The van der Waals surface area contributed by atoms with Crippen molar-refractivity contribution in [3.05, 3.63) is 55.7 Å². The van der Waals surface area contributed by atoms with Crippen molar-refractivity contribution in [3.8, 4) is 0 Å². The van der Waals surface area contributed by atoms with Crippen LogP contribution in [0.3, 0.4) is 0 Å². The zero-order valence-electron chi connectivity index (χ0n) is 13.1. The highest BCUT2D eigenvalue weighted by atomic mass is 79.9. The molecule has 0 radical (unpaired) electrons. The van der Waals surface area contributed by atoms with E-state index in [1.165, 1.54) is 21.6 Å². The molecule has 1 heterocycles. The van der Waals surface area contributed by atoms with Gasteiger partial charge in [-0.25, -0.2) is 0 Å². The summed E-state index contributed by atoms with van der Waals surface area (Å²) in [5.41, 5.74) is 3.38. The number of benzene rings is 1. The number of rotatable bonds is 4. The summed E-state index contributed by atoms with van der Waals surface area (Å²) < 4.78 is 1.11. The van der Waals surface area contributed by atoms with Crippen LogP contribution in [0.5, 0.6) is 0 Å². The molecule has 1 aliphatic carbocycles. The SMILES string of the molecule is Cc1cc(C)cc(C2(C(=O)N(C)Cc3ccc(Br)s3)CC2)c1. The quantitative estimate of drug-likeness (QED) is 0.747. The third-order valence-electron chi connectivity index (χ3n) is 4.30. The summed E-state index contributed by atoms with van der Waals surface area (Å²) >= 11 is 5.17. The van der Waals surface area contributed by atoms with Gasteiger partial charge in [0.25, 0.3) is 0 Å². The molecule has 0 N–H and O–H groups in total. The van der Waals surface area contributed by atoms with Crippen molar-refractivity contribution >= 4 is 33.2 Å². The Morgan fingerprint density at radius 1 is 1.23 bits per heavy atom. The standard InChI is InChI=1S/C18H20BrNOS/c1-12-8-13(2)10-14(9-12)18(6-7-18)17(21)20(3)11-15-4-5-16(19)22-15/h4-5,8-10H,6-7,11H2,1-3H3. The highest BCUT2D eigenvalue weighted by molar-refractivity contribution is 9.11. The van der Waals surface area contributed by atoms with E-state index in [1.807, 2.05) is 18.0 Å². The Hall–Kier alpha value is -1.13. The van der Waals surface area contributed by atoms with E-state index in [0.717, 1.165) is 16.6 Å². The first-order chi connectivity index (χ1) is 10.4. The third kappa shape index (κ3) is 2.99. The molecule has 4 heteroatoms. The summed E-state index contributed by atoms with van der Waals surface area (Å²) in [5.74, 6) is 0.252. The molecule has 22 heavy (non-hydrogen) atoms. The van der Waals surface area contributed by atoms with Crippen molar-refractivity contribution in [1.29, 1.82) is 0 Å². The minimum absolute atomic E-state index is 0.252. The highest BCUT2D eigenvalue weighted by Crippen LogP contribution is 2.50. The molecule has 3 rings (SSSR count). The predicted octanol–water partition coefficient (Wildman–Crippen LogP) is 4.82. The fourth-order valence-corrected chi connectivity index (χ4v) is 4.65. The van der Waals surface area contributed by atoms with Gasteiger partial charge in [-0.2, -0.15) is 0 Å². The van der Waals surface area contributed by atoms with Gasteiger partial charge in [0.15, 0.2) is 0 Å². The van der Waals surface area contributed by atoms with Crippen LogP contribution in [0.2, 0.25) is 0 Å². The van der Waals surface area contributed by atoms with Crippen molar-refractivity contribution in [2.75, 3.05) is 7.05 Å². The van der Waals surface area contributed by atoms with Crippen molar-refractivity contribution in [2.24, 2.45) is 0 Å². The van der Waals surface area contributed by atoms with Gasteiger partial charge in [0.2, 0.25) is 5.91 Å². The van der Waals surface area contributed by atoms with E-state index in [0.29, 0.717) is 6.54 Å². The molecule has 2 nitrogen and oxygen atoms in total. The fourth-order valence-electron chi connectivity index (χ4n) is 3.11. The van der Waals surface area contributed by atoms with Crippen molar-refractivity contribution in [1.82, 2.24) is 4.90 Å². The number of aryl methyl sites for hydroxylation is 2. The largest absolute Gasteiger partial charge is 0.340 e. The van der Waals surface area contributed by atoms with E-state index < -0.39 is 0 Å². The number of hydrogen-bond acceptors (Lipinski definition) is 2. The van der Waals surface area contributed by atoms with Gasteiger partial charge in [-0.3, -0.25) is 4.79 Å². The van der Waals surface area contributed by atoms with Crippen LogP contribution in [0.25, 0.3) is 0 Å². The maximum absolute atomic E-state index is 13.0. The van der Waals surface area contributed by atoms with Gasteiger partial charge in [-0.05, 0) is 60.3 Å². The number of nitrogens with zero attached hydrogens (tertiary/aromatic N) is 1. The lowest BCUT2D eigenvalue weighted by Gasteiger charge is -2.24. The molecule has 2 aromatic rings. The van der Waals surface area contributed by atoms with Gasteiger partial charge in [-0.15, -0.1) is 11.3 Å². The minimum Gasteiger partial charge on any atom is -0.340 e. The average Bonchev–Trinajstić information content (AvgIpc) is 3.16. The summed E-state index contributed by atoms with van der Waals surface area (Å²) in [7, 11) is 1.92. The molecule has 1 saturated carbocycles.